The Morgan fingerprint density at radius 3 is 2.32 bits per heavy atom. The van der Waals surface area contributed by atoms with E-state index in [0.29, 0.717) is 11.8 Å². The highest BCUT2D eigenvalue weighted by Crippen LogP contribution is 2.36. The molecular formula is C17H10ClF3N4O3. The van der Waals surface area contributed by atoms with E-state index in [1.807, 2.05) is 0 Å². The number of nitro groups is 1. The van der Waals surface area contributed by atoms with Gasteiger partial charge in [0.25, 0.3) is 11.6 Å². The van der Waals surface area contributed by atoms with Crippen LogP contribution in [0.3, 0.4) is 0 Å². The monoisotopic (exact) mass is 410 g/mol. The highest BCUT2D eigenvalue weighted by molar-refractivity contribution is 6.31. The van der Waals surface area contributed by atoms with Crippen molar-refractivity contribution in [3.8, 4) is 6.07 Å². The predicted octanol–water partition coefficient (Wildman–Crippen LogP) is 4.73. The van der Waals surface area contributed by atoms with Gasteiger partial charge >= 0.3 is 6.18 Å². The number of amides is 1. The first-order valence-corrected chi connectivity index (χ1v) is 7.79. The van der Waals surface area contributed by atoms with Crippen LogP contribution in [-0.2, 0) is 11.0 Å². The molecule has 1 amide bonds. The minimum absolute atomic E-state index is 0.143. The Labute approximate surface area is 161 Å². The zero-order chi connectivity index (χ0) is 20.9. The van der Waals surface area contributed by atoms with Crippen molar-refractivity contribution < 1.29 is 22.9 Å². The number of alkyl halides is 3. The fourth-order valence-corrected chi connectivity index (χ4v) is 2.23. The Kier molecular flexibility index (Phi) is 6.22. The van der Waals surface area contributed by atoms with Gasteiger partial charge in [-0.15, -0.1) is 0 Å². The Hall–Kier alpha value is -3.58. The number of rotatable bonds is 5. The first-order valence-electron chi connectivity index (χ1n) is 7.41. The molecule has 0 aromatic heterocycles. The lowest BCUT2D eigenvalue weighted by atomic mass is 10.2. The molecule has 2 rings (SSSR count). The van der Waals surface area contributed by atoms with Crippen molar-refractivity contribution >= 4 is 34.6 Å². The lowest BCUT2D eigenvalue weighted by Crippen LogP contribution is -2.15. The van der Waals surface area contributed by atoms with Crippen LogP contribution in [0.5, 0.6) is 0 Å². The topological polar surface area (TPSA) is 108 Å². The van der Waals surface area contributed by atoms with Crippen LogP contribution in [0.4, 0.5) is 30.2 Å². The van der Waals surface area contributed by atoms with Crippen molar-refractivity contribution in [2.75, 3.05) is 10.6 Å². The first kappa shape index (κ1) is 20.7. The number of nitrogens with zero attached hydrogens (tertiary/aromatic N) is 2. The number of nitrogens with one attached hydrogen (secondary N) is 2. The lowest BCUT2D eigenvalue weighted by molar-refractivity contribution is -0.384. The standard InChI is InChI=1S/C17H10ClF3N4O3/c18-15-6-3-12(7-14(15)17(19,20)21)24-16(26)10(8-22)9-23-11-1-4-13(5-2-11)25(27)28/h1-7,9,23H,(H,24,26)/b10-9-. The fraction of sp³-hybridized carbons (Fsp3) is 0.0588. The third-order valence-electron chi connectivity index (χ3n) is 3.36. The summed E-state index contributed by atoms with van der Waals surface area (Å²) in [6.07, 6.45) is -3.68. The van der Waals surface area contributed by atoms with E-state index in [2.05, 4.69) is 10.6 Å². The second kappa shape index (κ2) is 8.41. The molecule has 2 aromatic carbocycles. The van der Waals surface area contributed by atoms with Crippen molar-refractivity contribution in [1.29, 1.82) is 5.26 Å². The molecule has 144 valence electrons. The molecule has 0 aliphatic carbocycles. The van der Waals surface area contributed by atoms with E-state index in [4.69, 9.17) is 16.9 Å². The summed E-state index contributed by atoms with van der Waals surface area (Å²) in [5, 5.41) is 23.9. The summed E-state index contributed by atoms with van der Waals surface area (Å²) in [4.78, 5) is 22.1. The van der Waals surface area contributed by atoms with Gasteiger partial charge in [-0.25, -0.2) is 0 Å². The maximum Gasteiger partial charge on any atom is 0.417 e. The summed E-state index contributed by atoms with van der Waals surface area (Å²) in [6, 6.07) is 9.55. The largest absolute Gasteiger partial charge is 0.417 e. The number of carbonyl (C=O) groups excluding carboxylic acids is 1. The smallest absolute Gasteiger partial charge is 0.360 e. The number of benzene rings is 2. The molecule has 0 saturated carbocycles. The van der Waals surface area contributed by atoms with Crippen LogP contribution in [0, 0.1) is 21.4 Å². The molecule has 0 unspecified atom stereocenters. The summed E-state index contributed by atoms with van der Waals surface area (Å²) >= 11 is 5.51. The number of nitro benzene ring substituents is 1. The molecule has 0 saturated heterocycles. The highest BCUT2D eigenvalue weighted by atomic mass is 35.5. The SMILES string of the molecule is N#C/C(=C/Nc1ccc([N+](=O)[O-])cc1)C(=O)Nc1ccc(Cl)c(C(F)(F)F)c1. The highest BCUT2D eigenvalue weighted by Gasteiger charge is 2.33. The van der Waals surface area contributed by atoms with Gasteiger partial charge in [-0.2, -0.15) is 18.4 Å². The number of halogens is 4. The molecule has 0 spiro atoms. The minimum atomic E-state index is -4.71. The maximum atomic E-state index is 12.9. The summed E-state index contributed by atoms with van der Waals surface area (Å²) in [6.45, 7) is 0. The lowest BCUT2D eigenvalue weighted by Gasteiger charge is -2.11. The number of hydrogen-bond acceptors (Lipinski definition) is 5. The van der Waals surface area contributed by atoms with E-state index in [9.17, 15) is 28.1 Å². The molecule has 2 aromatic rings. The van der Waals surface area contributed by atoms with Crippen molar-refractivity contribution in [2.24, 2.45) is 0 Å². The zero-order valence-electron chi connectivity index (χ0n) is 13.7. The normalized spacial score (nSPS) is 11.5. The molecule has 2 N–H and O–H groups in total. The van der Waals surface area contributed by atoms with Gasteiger partial charge in [0.1, 0.15) is 11.6 Å². The van der Waals surface area contributed by atoms with Crippen LogP contribution in [0.1, 0.15) is 5.56 Å². The van der Waals surface area contributed by atoms with E-state index < -0.39 is 33.2 Å². The van der Waals surface area contributed by atoms with Crippen LogP contribution in [-0.4, -0.2) is 10.8 Å². The number of carbonyl (C=O) groups is 1. The van der Waals surface area contributed by atoms with Crippen LogP contribution in [0.15, 0.2) is 54.2 Å². The summed E-state index contributed by atoms with van der Waals surface area (Å²) < 4.78 is 38.6. The van der Waals surface area contributed by atoms with Gasteiger partial charge in [-0.1, -0.05) is 11.6 Å². The van der Waals surface area contributed by atoms with Gasteiger partial charge < -0.3 is 10.6 Å². The molecule has 28 heavy (non-hydrogen) atoms. The van der Waals surface area contributed by atoms with E-state index >= 15 is 0 Å². The van der Waals surface area contributed by atoms with Crippen molar-refractivity contribution in [3.05, 3.63) is 74.9 Å². The second-order valence-corrected chi connectivity index (χ2v) is 5.67. The van der Waals surface area contributed by atoms with Gasteiger partial charge in [0.2, 0.25) is 0 Å². The molecule has 0 radical (unpaired) electrons. The van der Waals surface area contributed by atoms with Crippen LogP contribution >= 0.6 is 11.6 Å². The van der Waals surface area contributed by atoms with Crippen LogP contribution in [0.2, 0.25) is 5.02 Å². The summed E-state index contributed by atoms with van der Waals surface area (Å²) in [5.74, 6) is -0.952. The van der Waals surface area contributed by atoms with E-state index in [1.165, 1.54) is 24.3 Å². The second-order valence-electron chi connectivity index (χ2n) is 5.26. The van der Waals surface area contributed by atoms with E-state index in [1.54, 1.807) is 6.07 Å². The molecule has 0 bridgehead atoms. The van der Waals surface area contributed by atoms with Gasteiger partial charge in [-0.05, 0) is 30.3 Å². The van der Waals surface area contributed by atoms with Gasteiger partial charge in [-0.3, -0.25) is 14.9 Å². The number of nitriles is 1. The molecule has 0 heterocycles. The Morgan fingerprint density at radius 2 is 1.79 bits per heavy atom. The third-order valence-corrected chi connectivity index (χ3v) is 3.69. The predicted molar refractivity (Wildman–Crippen MR) is 95.5 cm³/mol. The Morgan fingerprint density at radius 1 is 1.18 bits per heavy atom. The summed E-state index contributed by atoms with van der Waals surface area (Å²) in [7, 11) is 0. The van der Waals surface area contributed by atoms with Crippen molar-refractivity contribution in [1.82, 2.24) is 0 Å². The average molecular weight is 411 g/mol. The first-order chi connectivity index (χ1) is 13.1. The molecule has 0 fully saturated rings. The Bertz CT molecular complexity index is 983. The van der Waals surface area contributed by atoms with Gasteiger partial charge in [0.05, 0.1) is 15.5 Å². The van der Waals surface area contributed by atoms with Crippen LogP contribution in [0.25, 0.3) is 0 Å². The Balaban J connectivity index is 2.14. The van der Waals surface area contributed by atoms with Crippen molar-refractivity contribution in [2.45, 2.75) is 6.18 Å². The number of non-ortho nitro benzene ring substituents is 1. The zero-order valence-corrected chi connectivity index (χ0v) is 14.5. The quantitative estimate of drug-likeness (QED) is 0.321. The van der Waals surface area contributed by atoms with E-state index in [0.717, 1.165) is 18.3 Å². The van der Waals surface area contributed by atoms with Crippen molar-refractivity contribution in [3.63, 3.8) is 0 Å². The molecule has 7 nitrogen and oxygen atoms in total. The summed E-state index contributed by atoms with van der Waals surface area (Å²) in [5.41, 5.74) is -1.54. The third kappa shape index (κ3) is 5.21. The molecule has 0 aliphatic heterocycles. The van der Waals surface area contributed by atoms with Crippen LogP contribution < -0.4 is 10.6 Å². The fourth-order valence-electron chi connectivity index (χ4n) is 2.00. The molecule has 0 aliphatic rings. The van der Waals surface area contributed by atoms with Gasteiger partial charge in [0.15, 0.2) is 0 Å². The molecular weight excluding hydrogens is 401 g/mol. The van der Waals surface area contributed by atoms with E-state index in [-0.39, 0.29) is 11.4 Å². The maximum absolute atomic E-state index is 12.9. The minimum Gasteiger partial charge on any atom is -0.360 e. The molecule has 0 atom stereocenters. The van der Waals surface area contributed by atoms with Gasteiger partial charge in [0, 0.05) is 29.7 Å². The molecule has 11 heteroatoms. The average Bonchev–Trinajstić information content (AvgIpc) is 2.63. The number of anilines is 2. The number of hydrogen-bond donors (Lipinski definition) is 2.